The lowest BCUT2D eigenvalue weighted by atomic mass is 9.76. The van der Waals surface area contributed by atoms with Crippen LogP contribution in [0.15, 0.2) is 0 Å². The molecule has 0 bridgehead atoms. The average molecular weight is 571 g/mol. The molecule has 0 aromatic carbocycles. The van der Waals surface area contributed by atoms with Crippen LogP contribution in [-0.2, 0) is 38.2 Å². The van der Waals surface area contributed by atoms with Crippen LogP contribution in [0, 0.1) is 22.7 Å². The number of esters is 4. The molecule has 0 amide bonds. The SMILES string of the molecule is CCCCC(CC)(CCC(=O)OC(=O)C(CC)C(CC)C(=O)OC(=O)CCC(CC)(CCCC)C(=O)O)C(=O)O. The van der Waals surface area contributed by atoms with Crippen LogP contribution in [0.4, 0.5) is 0 Å². The van der Waals surface area contributed by atoms with Crippen molar-refractivity contribution in [3.8, 4) is 0 Å². The van der Waals surface area contributed by atoms with Gasteiger partial charge in [-0.05, 0) is 51.4 Å². The normalized spacial score (nSPS) is 15.7. The number of unbranched alkanes of at least 4 members (excludes halogenated alkanes) is 2. The quantitative estimate of drug-likeness (QED) is 0.122. The molecule has 4 unspecified atom stereocenters. The van der Waals surface area contributed by atoms with Gasteiger partial charge in [-0.25, -0.2) is 0 Å². The Morgan fingerprint density at radius 1 is 0.575 bits per heavy atom. The highest BCUT2D eigenvalue weighted by molar-refractivity contribution is 5.92. The Labute approximate surface area is 238 Å². The second kappa shape index (κ2) is 18.5. The first-order valence-electron chi connectivity index (χ1n) is 14.8. The number of carboxylic acid groups (broad SMARTS) is 2. The molecule has 2 N–H and O–H groups in total. The minimum absolute atomic E-state index is 0.0311. The summed E-state index contributed by atoms with van der Waals surface area (Å²) < 4.78 is 10.0. The van der Waals surface area contributed by atoms with Crippen molar-refractivity contribution in [2.24, 2.45) is 22.7 Å². The number of carbonyl (C=O) groups excluding carboxylic acids is 4. The van der Waals surface area contributed by atoms with Crippen LogP contribution in [0.3, 0.4) is 0 Å². The molecule has 0 fully saturated rings. The zero-order chi connectivity index (χ0) is 30.9. The Bertz CT molecular complexity index is 797. The first kappa shape index (κ1) is 37.2. The summed E-state index contributed by atoms with van der Waals surface area (Å²) in [6.07, 6.45) is 4.35. The Kier molecular flexibility index (Phi) is 17.3. The van der Waals surface area contributed by atoms with Gasteiger partial charge < -0.3 is 19.7 Å². The van der Waals surface area contributed by atoms with Gasteiger partial charge in [-0.2, -0.15) is 0 Å². The van der Waals surface area contributed by atoms with E-state index in [1.807, 2.05) is 13.8 Å². The average Bonchev–Trinajstić information content (AvgIpc) is 2.91. The van der Waals surface area contributed by atoms with Crippen LogP contribution in [0.5, 0.6) is 0 Å². The fourth-order valence-corrected chi connectivity index (χ4v) is 5.11. The molecule has 0 heterocycles. The van der Waals surface area contributed by atoms with Crippen LogP contribution in [0.25, 0.3) is 0 Å². The lowest BCUT2D eigenvalue weighted by molar-refractivity contribution is -0.173. The summed E-state index contributed by atoms with van der Waals surface area (Å²) in [4.78, 5) is 74.4. The molecule has 0 aromatic heterocycles. The minimum atomic E-state index is -1.08. The van der Waals surface area contributed by atoms with Crippen molar-refractivity contribution in [1.29, 1.82) is 0 Å². The van der Waals surface area contributed by atoms with E-state index in [2.05, 4.69) is 0 Å². The van der Waals surface area contributed by atoms with E-state index in [1.165, 1.54) is 0 Å². The Hall–Kier alpha value is -2.78. The number of carboxylic acids is 2. The molecular weight excluding hydrogens is 520 g/mol. The highest BCUT2D eigenvalue weighted by Crippen LogP contribution is 2.36. The summed E-state index contributed by atoms with van der Waals surface area (Å²) in [5, 5.41) is 19.5. The van der Waals surface area contributed by atoms with Gasteiger partial charge in [0.25, 0.3) is 0 Å². The number of ether oxygens (including phenoxy) is 2. The summed E-state index contributed by atoms with van der Waals surface area (Å²) in [7, 11) is 0. The number of hydrogen-bond donors (Lipinski definition) is 2. The summed E-state index contributed by atoms with van der Waals surface area (Å²) in [6, 6.07) is 0. The van der Waals surface area contributed by atoms with Crippen molar-refractivity contribution in [1.82, 2.24) is 0 Å². The maximum Gasteiger partial charge on any atom is 0.317 e. The fourth-order valence-electron chi connectivity index (χ4n) is 5.11. The molecule has 0 radical (unpaired) electrons. The molecule has 0 aliphatic carbocycles. The largest absolute Gasteiger partial charge is 0.481 e. The fraction of sp³-hybridized carbons (Fsp3) is 0.800. The highest BCUT2D eigenvalue weighted by atomic mass is 16.6. The first-order chi connectivity index (χ1) is 18.8. The van der Waals surface area contributed by atoms with Crippen LogP contribution in [0.2, 0.25) is 0 Å². The van der Waals surface area contributed by atoms with Crippen molar-refractivity contribution in [2.45, 2.75) is 131 Å². The second-order valence-corrected chi connectivity index (χ2v) is 10.7. The number of aliphatic carboxylic acids is 2. The zero-order valence-electron chi connectivity index (χ0n) is 25.2. The van der Waals surface area contributed by atoms with E-state index in [0.29, 0.717) is 38.5 Å². The van der Waals surface area contributed by atoms with Crippen LogP contribution in [-0.4, -0.2) is 46.0 Å². The molecule has 0 spiro atoms. The van der Waals surface area contributed by atoms with E-state index >= 15 is 0 Å². The molecule has 0 rings (SSSR count). The lowest BCUT2D eigenvalue weighted by Gasteiger charge is -2.28. The van der Waals surface area contributed by atoms with E-state index in [9.17, 15) is 39.0 Å². The Morgan fingerprint density at radius 3 is 1.12 bits per heavy atom. The molecule has 0 aromatic rings. The molecule has 4 atom stereocenters. The van der Waals surface area contributed by atoms with Gasteiger partial charge in [0, 0.05) is 12.8 Å². The molecular formula is C30H50O10. The predicted molar refractivity (Wildman–Crippen MR) is 148 cm³/mol. The van der Waals surface area contributed by atoms with Gasteiger partial charge in [0.05, 0.1) is 22.7 Å². The van der Waals surface area contributed by atoms with Crippen molar-refractivity contribution >= 4 is 35.8 Å². The van der Waals surface area contributed by atoms with E-state index < -0.39 is 58.5 Å². The predicted octanol–water partition coefficient (Wildman–Crippen LogP) is 6.08. The molecule has 10 heteroatoms. The van der Waals surface area contributed by atoms with Crippen LogP contribution in [0.1, 0.15) is 131 Å². The third-order valence-electron chi connectivity index (χ3n) is 8.29. The molecule has 0 aliphatic rings. The van der Waals surface area contributed by atoms with Gasteiger partial charge in [0.1, 0.15) is 0 Å². The van der Waals surface area contributed by atoms with Gasteiger partial charge in [-0.1, -0.05) is 67.2 Å². The molecule has 10 nitrogen and oxygen atoms in total. The lowest BCUT2D eigenvalue weighted by Crippen LogP contribution is -2.35. The van der Waals surface area contributed by atoms with E-state index in [4.69, 9.17) is 9.47 Å². The summed E-state index contributed by atoms with van der Waals surface area (Å²) in [5.74, 6) is -7.64. The summed E-state index contributed by atoms with van der Waals surface area (Å²) in [6.45, 7) is 10.7. The van der Waals surface area contributed by atoms with Crippen molar-refractivity contribution in [2.75, 3.05) is 0 Å². The molecule has 0 saturated heterocycles. The standard InChI is InChI=1S/C30H50O10/c1-7-13-17-29(11-5,27(35)36)19-15-23(31)39-25(33)21(9-3)22(10-4)26(34)40-24(32)16-20-30(12-6,28(37)38)18-14-8-2/h21-22H,7-20H2,1-6H3,(H,35,36)(H,37,38). The second-order valence-electron chi connectivity index (χ2n) is 10.7. The molecule has 0 saturated carbocycles. The van der Waals surface area contributed by atoms with Gasteiger partial charge in [-0.15, -0.1) is 0 Å². The van der Waals surface area contributed by atoms with E-state index in [-0.39, 0.29) is 38.5 Å². The Balaban J connectivity index is 5.28. The van der Waals surface area contributed by atoms with Gasteiger partial charge >= 0.3 is 35.8 Å². The third kappa shape index (κ3) is 11.0. The van der Waals surface area contributed by atoms with Crippen LogP contribution >= 0.6 is 0 Å². The van der Waals surface area contributed by atoms with Crippen molar-refractivity contribution in [3.05, 3.63) is 0 Å². The smallest absolute Gasteiger partial charge is 0.317 e. The van der Waals surface area contributed by atoms with Gasteiger partial charge in [0.15, 0.2) is 0 Å². The van der Waals surface area contributed by atoms with Crippen LogP contribution < -0.4 is 0 Å². The maximum absolute atomic E-state index is 12.8. The summed E-state index contributed by atoms with van der Waals surface area (Å²) in [5.41, 5.74) is -2.16. The zero-order valence-corrected chi connectivity index (χ0v) is 25.2. The molecule has 40 heavy (non-hydrogen) atoms. The van der Waals surface area contributed by atoms with E-state index in [1.54, 1.807) is 27.7 Å². The Morgan fingerprint density at radius 2 is 0.900 bits per heavy atom. The number of rotatable bonds is 21. The van der Waals surface area contributed by atoms with Crippen molar-refractivity contribution < 1.29 is 48.5 Å². The van der Waals surface area contributed by atoms with Gasteiger partial charge in [-0.3, -0.25) is 28.8 Å². The van der Waals surface area contributed by atoms with Crippen molar-refractivity contribution in [3.63, 3.8) is 0 Å². The highest BCUT2D eigenvalue weighted by Gasteiger charge is 2.40. The number of carbonyl (C=O) groups is 6. The third-order valence-corrected chi connectivity index (χ3v) is 8.29. The molecule has 0 aliphatic heterocycles. The molecule has 230 valence electrons. The van der Waals surface area contributed by atoms with E-state index in [0.717, 1.165) is 12.8 Å². The maximum atomic E-state index is 12.8. The number of hydrogen-bond acceptors (Lipinski definition) is 8. The first-order valence-corrected chi connectivity index (χ1v) is 14.8. The topological polar surface area (TPSA) is 161 Å². The monoisotopic (exact) mass is 570 g/mol. The van der Waals surface area contributed by atoms with Gasteiger partial charge in [0.2, 0.25) is 0 Å². The minimum Gasteiger partial charge on any atom is -0.481 e. The summed E-state index contributed by atoms with van der Waals surface area (Å²) >= 11 is 0.